The summed E-state index contributed by atoms with van der Waals surface area (Å²) in [5.74, 6) is -2.03. The number of halogens is 2. The molecule has 1 aliphatic carbocycles. The number of alkyl halides is 1. The fraction of sp³-hybridized carbons (Fsp3) is 0.636. The zero-order valence-electron chi connectivity index (χ0n) is 18.0. The van der Waals surface area contributed by atoms with Crippen LogP contribution >= 0.6 is 0 Å². The highest BCUT2D eigenvalue weighted by molar-refractivity contribution is 5.97. The molecule has 2 amide bonds. The maximum atomic E-state index is 15.2. The van der Waals surface area contributed by atoms with Gasteiger partial charge in [-0.1, -0.05) is 6.92 Å². The second-order valence-corrected chi connectivity index (χ2v) is 8.64. The van der Waals surface area contributed by atoms with E-state index in [2.05, 4.69) is 5.32 Å². The number of nitrogens with one attached hydrogen (secondary N) is 1. The van der Waals surface area contributed by atoms with Gasteiger partial charge in [-0.3, -0.25) is 9.59 Å². The molecule has 3 N–H and O–H groups in total. The van der Waals surface area contributed by atoms with Crippen LogP contribution in [0.1, 0.15) is 55.8 Å². The van der Waals surface area contributed by atoms with Gasteiger partial charge in [-0.15, -0.1) is 0 Å². The van der Waals surface area contributed by atoms with Crippen LogP contribution in [0.3, 0.4) is 0 Å². The van der Waals surface area contributed by atoms with Crippen molar-refractivity contribution in [1.82, 2.24) is 5.32 Å². The lowest BCUT2D eigenvalue weighted by Gasteiger charge is -2.34. The smallest absolute Gasteiger partial charge is 0.258 e. The van der Waals surface area contributed by atoms with Crippen molar-refractivity contribution in [2.24, 2.45) is 11.1 Å². The third kappa shape index (κ3) is 5.26. The maximum absolute atomic E-state index is 15.2. The Kier molecular flexibility index (Phi) is 7.03. The molecule has 0 spiro atoms. The lowest BCUT2D eigenvalue weighted by Crippen LogP contribution is -2.43. The highest BCUT2D eigenvalue weighted by Gasteiger charge is 2.37. The van der Waals surface area contributed by atoms with E-state index in [-0.39, 0.29) is 61.7 Å². The third-order valence-corrected chi connectivity index (χ3v) is 6.39. The summed E-state index contributed by atoms with van der Waals surface area (Å²) >= 11 is 0. The molecule has 172 valence electrons. The Morgan fingerprint density at radius 2 is 1.81 bits per heavy atom. The lowest BCUT2D eigenvalue weighted by molar-refractivity contribution is -0.129. The molecule has 7 nitrogen and oxygen atoms in total. The number of hydrogen-bond acceptors (Lipinski definition) is 5. The van der Waals surface area contributed by atoms with E-state index in [1.807, 2.05) is 6.92 Å². The second kappa shape index (κ2) is 9.38. The van der Waals surface area contributed by atoms with E-state index < -0.39 is 22.8 Å². The first-order valence-electron chi connectivity index (χ1n) is 10.6. The minimum atomic E-state index is -1.58. The summed E-state index contributed by atoms with van der Waals surface area (Å²) in [7, 11) is 1.33. The molecule has 1 aliphatic heterocycles. The Bertz CT molecular complexity index is 818. The Labute approximate surface area is 180 Å². The molecule has 1 aromatic carbocycles. The standard InChI is InChI=1S/C22H30F2N2O5/c1-21(20(25)28)7-5-14(6-8-21)31-16-4-3-15(29-2)17(18(16)23)19(27)26-13-22(24)9-11-30-12-10-22/h3-4,14H,5-13H2,1-2H3,(H2,25,28)(H,26,27). The molecule has 0 unspecified atom stereocenters. The van der Waals surface area contributed by atoms with E-state index >= 15 is 4.39 Å². The monoisotopic (exact) mass is 440 g/mol. The molecule has 2 aliphatic rings. The van der Waals surface area contributed by atoms with Crippen molar-refractivity contribution in [1.29, 1.82) is 0 Å². The second-order valence-electron chi connectivity index (χ2n) is 8.64. The number of methoxy groups -OCH3 is 1. The number of ether oxygens (including phenoxy) is 3. The van der Waals surface area contributed by atoms with Crippen molar-refractivity contribution >= 4 is 11.8 Å². The van der Waals surface area contributed by atoms with Crippen molar-refractivity contribution in [3.05, 3.63) is 23.5 Å². The topological polar surface area (TPSA) is 99.9 Å². The van der Waals surface area contributed by atoms with Crippen LogP contribution in [-0.4, -0.2) is 50.5 Å². The molecule has 0 aromatic heterocycles. The molecule has 0 atom stereocenters. The number of hydrogen-bond donors (Lipinski definition) is 2. The van der Waals surface area contributed by atoms with E-state index in [0.717, 1.165) is 0 Å². The van der Waals surface area contributed by atoms with Gasteiger partial charge >= 0.3 is 0 Å². The van der Waals surface area contributed by atoms with Crippen molar-refractivity contribution in [2.75, 3.05) is 26.9 Å². The summed E-state index contributed by atoms with van der Waals surface area (Å²) in [6.45, 7) is 2.14. The highest BCUT2D eigenvalue weighted by atomic mass is 19.1. The summed E-state index contributed by atoms with van der Waals surface area (Å²) in [4.78, 5) is 24.3. The summed E-state index contributed by atoms with van der Waals surface area (Å²) < 4.78 is 46.1. The fourth-order valence-electron chi connectivity index (χ4n) is 4.03. The van der Waals surface area contributed by atoms with Crippen molar-refractivity contribution in [3.63, 3.8) is 0 Å². The predicted molar refractivity (Wildman–Crippen MR) is 109 cm³/mol. The minimum Gasteiger partial charge on any atom is -0.496 e. The van der Waals surface area contributed by atoms with E-state index in [4.69, 9.17) is 19.9 Å². The number of rotatable bonds is 7. The number of benzene rings is 1. The van der Waals surface area contributed by atoms with Crippen LogP contribution in [0, 0.1) is 11.2 Å². The first-order valence-corrected chi connectivity index (χ1v) is 10.6. The zero-order valence-corrected chi connectivity index (χ0v) is 18.0. The molecule has 31 heavy (non-hydrogen) atoms. The largest absolute Gasteiger partial charge is 0.496 e. The Balaban J connectivity index is 1.70. The molecule has 2 fully saturated rings. The summed E-state index contributed by atoms with van der Waals surface area (Å²) in [6, 6.07) is 2.85. The van der Waals surface area contributed by atoms with E-state index in [9.17, 15) is 14.0 Å². The summed E-state index contributed by atoms with van der Waals surface area (Å²) in [5.41, 5.74) is 2.97. The van der Waals surface area contributed by atoms with E-state index in [1.165, 1.54) is 19.2 Å². The molecule has 1 saturated heterocycles. The molecule has 3 rings (SSSR count). The van der Waals surface area contributed by atoms with E-state index in [0.29, 0.717) is 25.7 Å². The fourth-order valence-corrected chi connectivity index (χ4v) is 4.03. The number of nitrogens with two attached hydrogens (primary N) is 1. The normalized spacial score (nSPS) is 25.5. The Morgan fingerprint density at radius 1 is 1.19 bits per heavy atom. The Hall–Kier alpha value is -2.42. The van der Waals surface area contributed by atoms with E-state index in [1.54, 1.807) is 0 Å². The molecule has 1 aromatic rings. The van der Waals surface area contributed by atoms with Gasteiger partial charge in [0.1, 0.15) is 17.0 Å². The van der Waals surface area contributed by atoms with Crippen molar-refractivity contribution in [3.8, 4) is 11.5 Å². The van der Waals surface area contributed by atoms with Gasteiger partial charge in [-0.25, -0.2) is 8.78 Å². The number of primary amides is 1. The first-order chi connectivity index (χ1) is 14.7. The van der Waals surface area contributed by atoms with Crippen LogP contribution in [-0.2, 0) is 9.53 Å². The molecular weight excluding hydrogens is 410 g/mol. The van der Waals surface area contributed by atoms with Gasteiger partial charge in [0, 0.05) is 31.5 Å². The minimum absolute atomic E-state index is 0.0344. The van der Waals surface area contributed by atoms with Crippen LogP contribution in [0.15, 0.2) is 12.1 Å². The molecule has 1 heterocycles. The Morgan fingerprint density at radius 3 is 2.39 bits per heavy atom. The quantitative estimate of drug-likeness (QED) is 0.679. The highest BCUT2D eigenvalue weighted by Crippen LogP contribution is 2.38. The lowest BCUT2D eigenvalue weighted by atomic mass is 9.74. The zero-order chi connectivity index (χ0) is 22.6. The van der Waals surface area contributed by atoms with Crippen LogP contribution in [0.5, 0.6) is 11.5 Å². The van der Waals surface area contributed by atoms with Crippen LogP contribution in [0.2, 0.25) is 0 Å². The molecule has 0 radical (unpaired) electrons. The SMILES string of the molecule is COc1ccc(OC2CCC(C)(C(N)=O)CC2)c(F)c1C(=O)NCC1(F)CCOCC1. The molecule has 0 bridgehead atoms. The summed E-state index contributed by atoms with van der Waals surface area (Å²) in [6.07, 6.45) is 2.20. The number of amides is 2. The molecular formula is C22H30F2N2O5. The van der Waals surface area contributed by atoms with Crippen LogP contribution < -0.4 is 20.5 Å². The van der Waals surface area contributed by atoms with Gasteiger partial charge < -0.3 is 25.3 Å². The van der Waals surface area contributed by atoms with Gasteiger partial charge in [-0.05, 0) is 37.8 Å². The first kappa shape index (κ1) is 23.2. The van der Waals surface area contributed by atoms with Gasteiger partial charge in [0.2, 0.25) is 5.91 Å². The molecule has 9 heteroatoms. The molecule has 1 saturated carbocycles. The third-order valence-electron chi connectivity index (χ3n) is 6.39. The number of carbonyl (C=O) groups is 2. The van der Waals surface area contributed by atoms with Crippen LogP contribution in [0.25, 0.3) is 0 Å². The van der Waals surface area contributed by atoms with Gasteiger partial charge in [0.25, 0.3) is 5.91 Å². The maximum Gasteiger partial charge on any atom is 0.258 e. The van der Waals surface area contributed by atoms with Crippen LogP contribution in [0.4, 0.5) is 8.78 Å². The van der Waals surface area contributed by atoms with Gasteiger partial charge in [0.05, 0.1) is 19.8 Å². The average Bonchev–Trinajstić information content (AvgIpc) is 2.75. The predicted octanol–water partition coefficient (Wildman–Crippen LogP) is 2.90. The average molecular weight is 440 g/mol. The van der Waals surface area contributed by atoms with Crippen molar-refractivity contribution in [2.45, 2.75) is 57.2 Å². The summed E-state index contributed by atoms with van der Waals surface area (Å²) in [5, 5.41) is 2.48. The van der Waals surface area contributed by atoms with Gasteiger partial charge in [-0.2, -0.15) is 0 Å². The van der Waals surface area contributed by atoms with Gasteiger partial charge in [0.15, 0.2) is 11.6 Å². The number of carbonyl (C=O) groups excluding carboxylic acids is 2. The van der Waals surface area contributed by atoms with Crippen molar-refractivity contribution < 1.29 is 32.6 Å².